The average molecular weight is 300 g/mol. The predicted molar refractivity (Wildman–Crippen MR) is 99.9 cm³/mol. The first kappa shape index (κ1) is 15.6. The van der Waals surface area contributed by atoms with Crippen LogP contribution in [0.2, 0.25) is 0 Å². The Kier molecular flexibility index (Phi) is 4.09. The van der Waals surface area contributed by atoms with E-state index in [9.17, 15) is 0 Å². The zero-order valence-electron chi connectivity index (χ0n) is 14.4. The molecule has 23 heavy (non-hydrogen) atoms. The highest BCUT2D eigenvalue weighted by molar-refractivity contribution is 5.80. The highest BCUT2D eigenvalue weighted by Gasteiger charge is 2.34. The van der Waals surface area contributed by atoms with Crippen molar-refractivity contribution < 1.29 is 0 Å². The molecule has 4 rings (SSSR count). The summed E-state index contributed by atoms with van der Waals surface area (Å²) in [5.74, 6) is 0. The Labute approximate surface area is 139 Å². The molecule has 0 unspecified atom stereocenters. The maximum absolute atomic E-state index is 2.31. The monoisotopic (exact) mass is 300 g/mol. The van der Waals surface area contributed by atoms with E-state index in [-0.39, 0.29) is 5.41 Å². The smallest absolute Gasteiger partial charge is 0.0158 e. The van der Waals surface area contributed by atoms with Crippen LogP contribution in [0.4, 0.5) is 0 Å². The maximum atomic E-state index is 2.31. The fourth-order valence-electron chi connectivity index (χ4n) is 3.37. The summed E-state index contributed by atoms with van der Waals surface area (Å²) in [4.78, 5) is 0. The largest absolute Gasteiger partial charge is 0.0622 e. The third kappa shape index (κ3) is 2.94. The molecule has 0 heteroatoms. The van der Waals surface area contributed by atoms with Crippen molar-refractivity contribution in [3.63, 3.8) is 0 Å². The summed E-state index contributed by atoms with van der Waals surface area (Å²) in [6.07, 6.45) is 0. The molecule has 3 aromatic carbocycles. The minimum absolute atomic E-state index is 0.152. The summed E-state index contributed by atoms with van der Waals surface area (Å²) in [6, 6.07) is 25.8. The zero-order chi connectivity index (χ0) is 16.4. The molecule has 0 heterocycles. The van der Waals surface area contributed by atoms with Crippen LogP contribution in [0, 0.1) is 13.8 Å². The lowest BCUT2D eigenvalue weighted by molar-refractivity contribution is 0.660. The molecule has 1 aliphatic rings. The first-order valence-electron chi connectivity index (χ1n) is 8.23. The van der Waals surface area contributed by atoms with E-state index in [4.69, 9.17) is 0 Å². The van der Waals surface area contributed by atoms with E-state index in [0.717, 1.165) is 0 Å². The van der Waals surface area contributed by atoms with Gasteiger partial charge in [-0.15, -0.1) is 0 Å². The van der Waals surface area contributed by atoms with Gasteiger partial charge in [-0.05, 0) is 36.1 Å². The lowest BCUT2D eigenvalue weighted by Gasteiger charge is -2.21. The number of benzene rings is 3. The molecule has 0 N–H and O–H groups in total. The number of rotatable bonds is 0. The molecule has 0 bridgehead atoms. The van der Waals surface area contributed by atoms with E-state index in [2.05, 4.69) is 82.3 Å². The lowest BCUT2D eigenvalue weighted by Crippen LogP contribution is -2.14. The molecule has 0 atom stereocenters. The van der Waals surface area contributed by atoms with Crippen molar-refractivity contribution in [1.29, 1.82) is 0 Å². The van der Waals surface area contributed by atoms with Gasteiger partial charge >= 0.3 is 0 Å². The van der Waals surface area contributed by atoms with E-state index in [0.29, 0.717) is 0 Å². The Morgan fingerprint density at radius 1 is 0.565 bits per heavy atom. The Morgan fingerprint density at radius 3 is 1.83 bits per heavy atom. The van der Waals surface area contributed by atoms with E-state index in [1.54, 1.807) is 0 Å². The minimum Gasteiger partial charge on any atom is -0.0622 e. The molecule has 0 radical (unpaired) electrons. The third-order valence-corrected chi connectivity index (χ3v) is 4.68. The van der Waals surface area contributed by atoms with E-state index >= 15 is 0 Å². The molecule has 0 saturated heterocycles. The SMILES string of the molecule is Cc1ccc2c(c1)-c1ccccc1C2(C)C.Cc1ccccc1. The molecule has 0 aromatic heterocycles. The first-order chi connectivity index (χ1) is 11.0. The van der Waals surface area contributed by atoms with Gasteiger partial charge in [-0.25, -0.2) is 0 Å². The van der Waals surface area contributed by atoms with Crippen LogP contribution in [-0.2, 0) is 5.41 Å². The standard InChI is InChI=1S/C16H16.C7H8/c1-11-8-9-15-13(10-11)12-6-4-5-7-14(12)16(15,2)3;1-7-5-3-2-4-6-7/h4-10H,1-3H3;2-6H,1H3. The summed E-state index contributed by atoms with van der Waals surface area (Å²) < 4.78 is 0. The second-order valence-corrected chi connectivity index (χ2v) is 6.87. The quantitative estimate of drug-likeness (QED) is 0.457. The van der Waals surface area contributed by atoms with E-state index < -0.39 is 0 Å². The zero-order valence-corrected chi connectivity index (χ0v) is 14.4. The van der Waals surface area contributed by atoms with Crippen LogP contribution in [0.15, 0.2) is 72.8 Å². The van der Waals surface area contributed by atoms with Gasteiger partial charge in [0.05, 0.1) is 0 Å². The molecule has 1 aliphatic carbocycles. The van der Waals surface area contributed by atoms with Crippen molar-refractivity contribution in [3.05, 3.63) is 95.1 Å². The van der Waals surface area contributed by atoms with Gasteiger partial charge in [-0.3, -0.25) is 0 Å². The van der Waals surface area contributed by atoms with Crippen molar-refractivity contribution in [2.24, 2.45) is 0 Å². The summed E-state index contributed by atoms with van der Waals surface area (Å²) in [5.41, 5.74) is 8.55. The highest BCUT2D eigenvalue weighted by Crippen LogP contribution is 2.48. The molecule has 3 aromatic rings. The maximum Gasteiger partial charge on any atom is 0.0158 e. The minimum atomic E-state index is 0.152. The van der Waals surface area contributed by atoms with Crippen LogP contribution in [-0.4, -0.2) is 0 Å². The number of hydrogen-bond donors (Lipinski definition) is 0. The van der Waals surface area contributed by atoms with Gasteiger partial charge in [0.1, 0.15) is 0 Å². The molecule has 0 spiro atoms. The fourth-order valence-corrected chi connectivity index (χ4v) is 3.37. The molecule has 116 valence electrons. The van der Waals surface area contributed by atoms with Crippen LogP contribution in [0.5, 0.6) is 0 Å². The highest BCUT2D eigenvalue weighted by atomic mass is 14.4. The second-order valence-electron chi connectivity index (χ2n) is 6.87. The summed E-state index contributed by atoms with van der Waals surface area (Å²) >= 11 is 0. The Bertz CT molecular complexity index is 810. The summed E-state index contributed by atoms with van der Waals surface area (Å²) in [6.45, 7) is 8.87. The Morgan fingerprint density at radius 2 is 1.17 bits per heavy atom. The molecule has 0 nitrogen and oxygen atoms in total. The van der Waals surface area contributed by atoms with Crippen LogP contribution in [0.1, 0.15) is 36.1 Å². The molecule has 0 fully saturated rings. The van der Waals surface area contributed by atoms with Gasteiger partial charge in [0.2, 0.25) is 0 Å². The van der Waals surface area contributed by atoms with Crippen molar-refractivity contribution in [2.75, 3.05) is 0 Å². The van der Waals surface area contributed by atoms with Crippen LogP contribution >= 0.6 is 0 Å². The van der Waals surface area contributed by atoms with Crippen LogP contribution in [0.25, 0.3) is 11.1 Å². The molecule has 0 aliphatic heterocycles. The van der Waals surface area contributed by atoms with Crippen molar-refractivity contribution >= 4 is 0 Å². The molecule has 0 saturated carbocycles. The second kappa shape index (κ2) is 6.04. The van der Waals surface area contributed by atoms with Gasteiger partial charge < -0.3 is 0 Å². The average Bonchev–Trinajstić information content (AvgIpc) is 2.77. The summed E-state index contributed by atoms with van der Waals surface area (Å²) in [5, 5.41) is 0. The lowest BCUT2D eigenvalue weighted by atomic mass is 9.82. The normalized spacial score (nSPS) is 13.6. The summed E-state index contributed by atoms with van der Waals surface area (Å²) in [7, 11) is 0. The Balaban J connectivity index is 0.000000188. The number of aryl methyl sites for hydroxylation is 2. The van der Waals surface area contributed by atoms with Gasteiger partial charge in [0, 0.05) is 5.41 Å². The molecular weight excluding hydrogens is 276 g/mol. The molecule has 0 amide bonds. The third-order valence-electron chi connectivity index (χ3n) is 4.68. The van der Waals surface area contributed by atoms with Crippen molar-refractivity contribution in [2.45, 2.75) is 33.1 Å². The van der Waals surface area contributed by atoms with E-state index in [1.807, 2.05) is 18.2 Å². The van der Waals surface area contributed by atoms with Gasteiger partial charge in [-0.2, -0.15) is 0 Å². The first-order valence-corrected chi connectivity index (χ1v) is 8.23. The van der Waals surface area contributed by atoms with E-state index in [1.165, 1.54) is 33.4 Å². The predicted octanol–water partition coefficient (Wildman–Crippen LogP) is 6.30. The van der Waals surface area contributed by atoms with Gasteiger partial charge in [0.25, 0.3) is 0 Å². The molecular formula is C23H24. The van der Waals surface area contributed by atoms with Gasteiger partial charge in [-0.1, -0.05) is 97.8 Å². The number of fused-ring (bicyclic) bond motifs is 3. The Hall–Kier alpha value is -2.34. The number of hydrogen-bond acceptors (Lipinski definition) is 0. The van der Waals surface area contributed by atoms with Crippen molar-refractivity contribution in [3.8, 4) is 11.1 Å². The van der Waals surface area contributed by atoms with Crippen LogP contribution in [0.3, 0.4) is 0 Å². The van der Waals surface area contributed by atoms with Gasteiger partial charge in [0.15, 0.2) is 0 Å². The fraction of sp³-hybridized carbons (Fsp3) is 0.217. The topological polar surface area (TPSA) is 0 Å². The van der Waals surface area contributed by atoms with Crippen LogP contribution < -0.4 is 0 Å². The van der Waals surface area contributed by atoms with Crippen molar-refractivity contribution in [1.82, 2.24) is 0 Å².